The summed E-state index contributed by atoms with van der Waals surface area (Å²) in [6.45, 7) is 4.61. The summed E-state index contributed by atoms with van der Waals surface area (Å²) >= 11 is 7.57. The molecule has 0 unspecified atom stereocenters. The molecule has 0 N–H and O–H groups in total. The molecule has 0 spiro atoms. The van der Waals surface area contributed by atoms with Crippen molar-refractivity contribution >= 4 is 23.4 Å². The van der Waals surface area contributed by atoms with E-state index in [0.29, 0.717) is 34.1 Å². The van der Waals surface area contributed by atoms with Crippen LogP contribution in [0.4, 0.5) is 4.39 Å². The average Bonchev–Trinajstić information content (AvgIpc) is 3.08. The Balaban J connectivity index is 1.68. The van der Waals surface area contributed by atoms with E-state index in [9.17, 15) is 4.39 Å². The smallest absolute Gasteiger partial charge is 0.191 e. The molecular formula is C20H19ClFN3O2S. The van der Waals surface area contributed by atoms with Crippen molar-refractivity contribution in [2.24, 2.45) is 0 Å². The Hall–Kier alpha value is -2.51. The number of aromatic nitrogens is 3. The molecular weight excluding hydrogens is 401 g/mol. The lowest BCUT2D eigenvalue weighted by Gasteiger charge is -2.10. The van der Waals surface area contributed by atoms with Gasteiger partial charge in [0.25, 0.3) is 0 Å². The van der Waals surface area contributed by atoms with Gasteiger partial charge in [-0.05, 0) is 42.0 Å². The number of nitrogens with zero attached hydrogens (tertiary/aromatic N) is 3. The Morgan fingerprint density at radius 2 is 1.93 bits per heavy atom. The molecule has 0 amide bonds. The maximum atomic E-state index is 13.2. The summed E-state index contributed by atoms with van der Waals surface area (Å²) in [5, 5.41) is 9.59. The van der Waals surface area contributed by atoms with Gasteiger partial charge < -0.3 is 9.47 Å². The second kappa shape index (κ2) is 9.61. The van der Waals surface area contributed by atoms with Crippen molar-refractivity contribution in [3.05, 3.63) is 77.3 Å². The zero-order chi connectivity index (χ0) is 19.9. The minimum Gasteiger partial charge on any atom is -0.497 e. The van der Waals surface area contributed by atoms with Gasteiger partial charge in [-0.2, -0.15) is 0 Å². The first-order valence-electron chi connectivity index (χ1n) is 8.47. The van der Waals surface area contributed by atoms with E-state index in [1.54, 1.807) is 19.3 Å². The molecule has 0 aliphatic heterocycles. The normalized spacial score (nSPS) is 10.7. The number of hydrogen-bond donors (Lipinski definition) is 0. The van der Waals surface area contributed by atoms with Crippen LogP contribution >= 0.6 is 23.4 Å². The van der Waals surface area contributed by atoms with Crippen molar-refractivity contribution in [2.45, 2.75) is 24.1 Å². The van der Waals surface area contributed by atoms with Crippen molar-refractivity contribution in [3.8, 4) is 11.5 Å². The highest BCUT2D eigenvalue weighted by Gasteiger charge is 2.13. The highest BCUT2D eigenvalue weighted by Crippen LogP contribution is 2.27. The fraction of sp³-hybridized carbons (Fsp3) is 0.200. The molecule has 1 heterocycles. The van der Waals surface area contributed by atoms with Crippen LogP contribution in [0, 0.1) is 5.82 Å². The molecule has 2 aromatic carbocycles. The largest absolute Gasteiger partial charge is 0.497 e. The number of benzene rings is 2. The summed E-state index contributed by atoms with van der Waals surface area (Å²) < 4.78 is 26.1. The number of allylic oxidation sites excluding steroid dienone is 1. The molecule has 0 saturated heterocycles. The summed E-state index contributed by atoms with van der Waals surface area (Å²) in [6, 6.07) is 11.7. The zero-order valence-electron chi connectivity index (χ0n) is 15.3. The summed E-state index contributed by atoms with van der Waals surface area (Å²) in [5.41, 5.74) is 0.831. The van der Waals surface area contributed by atoms with E-state index in [-0.39, 0.29) is 12.4 Å². The van der Waals surface area contributed by atoms with E-state index in [1.807, 2.05) is 28.8 Å². The molecule has 0 atom stereocenters. The van der Waals surface area contributed by atoms with E-state index < -0.39 is 0 Å². The molecule has 0 aliphatic carbocycles. The lowest BCUT2D eigenvalue weighted by molar-refractivity contribution is 0.288. The second-order valence-electron chi connectivity index (χ2n) is 5.79. The monoisotopic (exact) mass is 419 g/mol. The van der Waals surface area contributed by atoms with Crippen LogP contribution in [0.25, 0.3) is 0 Å². The summed E-state index contributed by atoms with van der Waals surface area (Å²) in [7, 11) is 1.62. The Morgan fingerprint density at radius 1 is 1.18 bits per heavy atom. The van der Waals surface area contributed by atoms with E-state index >= 15 is 0 Å². The van der Waals surface area contributed by atoms with Gasteiger partial charge in [0.1, 0.15) is 23.9 Å². The summed E-state index contributed by atoms with van der Waals surface area (Å²) in [4.78, 5) is 0. The lowest BCUT2D eigenvalue weighted by Crippen LogP contribution is -2.07. The zero-order valence-corrected chi connectivity index (χ0v) is 16.8. The van der Waals surface area contributed by atoms with Crippen LogP contribution < -0.4 is 9.47 Å². The molecule has 8 heteroatoms. The molecule has 5 nitrogen and oxygen atoms in total. The molecule has 146 valence electrons. The third-order valence-corrected chi connectivity index (χ3v) is 5.27. The van der Waals surface area contributed by atoms with Crippen LogP contribution in [0.15, 0.2) is 60.3 Å². The van der Waals surface area contributed by atoms with Gasteiger partial charge in [-0.25, -0.2) is 4.39 Å². The Kier molecular flexibility index (Phi) is 6.95. The van der Waals surface area contributed by atoms with Crippen molar-refractivity contribution in [3.63, 3.8) is 0 Å². The Labute approximate surface area is 172 Å². The summed E-state index contributed by atoms with van der Waals surface area (Å²) in [5.74, 6) is 2.35. The third-order valence-electron chi connectivity index (χ3n) is 3.90. The Bertz CT molecular complexity index is 947. The average molecular weight is 420 g/mol. The molecule has 0 aliphatic rings. The molecule has 3 aromatic rings. The minimum absolute atomic E-state index is 0.269. The molecule has 3 rings (SSSR count). The maximum absolute atomic E-state index is 13.2. The van der Waals surface area contributed by atoms with E-state index in [1.165, 1.54) is 23.9 Å². The number of rotatable bonds is 9. The molecule has 0 radical (unpaired) electrons. The van der Waals surface area contributed by atoms with Gasteiger partial charge in [-0.1, -0.05) is 35.5 Å². The van der Waals surface area contributed by atoms with E-state index in [0.717, 1.165) is 11.3 Å². The number of hydrogen-bond acceptors (Lipinski definition) is 5. The lowest BCUT2D eigenvalue weighted by atomic mass is 10.2. The highest BCUT2D eigenvalue weighted by atomic mass is 35.5. The molecule has 0 fully saturated rings. The van der Waals surface area contributed by atoms with Gasteiger partial charge in [0.2, 0.25) is 0 Å². The molecule has 1 aromatic heterocycles. The van der Waals surface area contributed by atoms with Gasteiger partial charge >= 0.3 is 0 Å². The van der Waals surface area contributed by atoms with Crippen LogP contribution in [-0.4, -0.2) is 21.9 Å². The van der Waals surface area contributed by atoms with Crippen molar-refractivity contribution < 1.29 is 13.9 Å². The molecule has 0 bridgehead atoms. The number of ether oxygens (including phenoxy) is 2. The SMILES string of the molecule is C=CCn1c(COc2ccc(OC)cc2)nnc1SCc1ccc(F)cc1Cl. The maximum Gasteiger partial charge on any atom is 0.191 e. The topological polar surface area (TPSA) is 49.2 Å². The third kappa shape index (κ3) is 5.05. The van der Waals surface area contributed by atoms with Gasteiger partial charge in [-0.3, -0.25) is 4.57 Å². The minimum atomic E-state index is -0.355. The van der Waals surface area contributed by atoms with Gasteiger partial charge in [0.15, 0.2) is 11.0 Å². The van der Waals surface area contributed by atoms with Crippen LogP contribution in [-0.2, 0) is 18.9 Å². The van der Waals surface area contributed by atoms with E-state index in [4.69, 9.17) is 21.1 Å². The van der Waals surface area contributed by atoms with Gasteiger partial charge in [-0.15, -0.1) is 16.8 Å². The van der Waals surface area contributed by atoms with Crippen molar-refractivity contribution in [1.82, 2.24) is 14.8 Å². The van der Waals surface area contributed by atoms with Gasteiger partial charge in [0.05, 0.1) is 7.11 Å². The number of halogens is 2. The first kappa shape index (κ1) is 20.2. The molecule has 28 heavy (non-hydrogen) atoms. The summed E-state index contributed by atoms with van der Waals surface area (Å²) in [6.07, 6.45) is 1.77. The first-order chi connectivity index (χ1) is 13.6. The predicted octanol–water partition coefficient (Wildman–Crippen LogP) is 5.14. The molecule has 0 saturated carbocycles. The van der Waals surface area contributed by atoms with Gasteiger partial charge in [0, 0.05) is 17.3 Å². The van der Waals surface area contributed by atoms with E-state index in [2.05, 4.69) is 16.8 Å². The number of methoxy groups -OCH3 is 1. The van der Waals surface area contributed by atoms with Crippen LogP contribution in [0.1, 0.15) is 11.4 Å². The fourth-order valence-electron chi connectivity index (χ4n) is 2.45. The van der Waals surface area contributed by atoms with Crippen LogP contribution in [0.3, 0.4) is 0 Å². The predicted molar refractivity (Wildman–Crippen MR) is 109 cm³/mol. The standard InChI is InChI=1S/C20H19ClFN3O2S/c1-3-10-25-19(12-27-17-8-6-16(26-2)7-9-17)23-24-20(25)28-13-14-4-5-15(22)11-18(14)21/h3-9,11H,1,10,12-13H2,2H3. The fourth-order valence-corrected chi connectivity index (χ4v) is 3.73. The Morgan fingerprint density at radius 3 is 2.61 bits per heavy atom. The van der Waals surface area contributed by atoms with Crippen molar-refractivity contribution in [2.75, 3.05) is 7.11 Å². The van der Waals surface area contributed by atoms with Crippen molar-refractivity contribution in [1.29, 1.82) is 0 Å². The van der Waals surface area contributed by atoms with Crippen LogP contribution in [0.2, 0.25) is 5.02 Å². The highest BCUT2D eigenvalue weighted by molar-refractivity contribution is 7.98. The quantitative estimate of drug-likeness (QED) is 0.355. The number of thioether (sulfide) groups is 1. The van der Waals surface area contributed by atoms with Crippen LogP contribution in [0.5, 0.6) is 11.5 Å². The second-order valence-corrected chi connectivity index (χ2v) is 7.14. The first-order valence-corrected chi connectivity index (χ1v) is 9.83.